The van der Waals surface area contributed by atoms with Gasteiger partial charge >= 0.3 is 0 Å². The maximum Gasteiger partial charge on any atom is 0.0545 e. The van der Waals surface area contributed by atoms with Crippen molar-refractivity contribution < 1.29 is 0 Å². The monoisotopic (exact) mass is 1100 g/mol. The first-order chi connectivity index (χ1) is 35.5. The predicted octanol–water partition coefficient (Wildman–Crippen LogP) is 22.7. The summed E-state index contributed by atoms with van der Waals surface area (Å²) in [5.41, 5.74) is 14.1. The topological polar surface area (TPSA) is 9.86 Å². The van der Waals surface area contributed by atoms with Gasteiger partial charge in [-0.1, -0.05) is 275 Å². The van der Waals surface area contributed by atoms with Gasteiger partial charge < -0.3 is 9.13 Å². The van der Waals surface area contributed by atoms with Gasteiger partial charge in [0.25, 0.3) is 0 Å². The Hall–Kier alpha value is -3.08. The Balaban J connectivity index is 0.826. The summed E-state index contributed by atoms with van der Waals surface area (Å²) in [5.74, 6) is 1.61. The van der Waals surface area contributed by atoms with Crippen LogP contribution in [0.2, 0.25) is 0 Å². The van der Waals surface area contributed by atoms with Crippen LogP contribution < -0.4 is 0 Å². The fourth-order valence-electron chi connectivity index (χ4n) is 13.1. The lowest BCUT2D eigenvalue weighted by molar-refractivity contribution is 0.401. The summed E-state index contributed by atoms with van der Waals surface area (Å²) >= 11 is 7.69. The van der Waals surface area contributed by atoms with Gasteiger partial charge in [0, 0.05) is 42.5 Å². The van der Waals surface area contributed by atoms with Gasteiger partial charge in [0.1, 0.15) is 0 Å². The van der Waals surface area contributed by atoms with E-state index in [0.717, 1.165) is 20.8 Å². The molecule has 6 aromatic rings. The molecule has 0 saturated heterocycles. The van der Waals surface area contributed by atoms with Crippen molar-refractivity contribution >= 4 is 53.7 Å². The number of halogens is 2. The number of hydrogen-bond acceptors (Lipinski definition) is 0. The lowest BCUT2D eigenvalue weighted by Gasteiger charge is -2.24. The Morgan fingerprint density at radius 2 is 0.681 bits per heavy atom. The van der Waals surface area contributed by atoms with Crippen molar-refractivity contribution in [3.05, 3.63) is 116 Å². The van der Waals surface area contributed by atoms with Crippen molar-refractivity contribution in [1.29, 1.82) is 0 Å². The van der Waals surface area contributed by atoms with Crippen LogP contribution in [-0.4, -0.2) is 9.13 Å². The summed E-state index contributed by atoms with van der Waals surface area (Å²) in [6.45, 7) is 4.62. The Morgan fingerprint density at radius 1 is 0.375 bits per heavy atom. The van der Waals surface area contributed by atoms with E-state index in [0.29, 0.717) is 0 Å². The van der Waals surface area contributed by atoms with Gasteiger partial charge in [-0.3, -0.25) is 0 Å². The van der Waals surface area contributed by atoms with Crippen molar-refractivity contribution in [2.45, 2.75) is 245 Å². The highest BCUT2D eigenvalue weighted by molar-refractivity contribution is 9.10. The molecule has 390 valence electrons. The summed E-state index contributed by atoms with van der Waals surface area (Å²) in [6, 6.07) is 32.8. The second kappa shape index (κ2) is 29.9. The van der Waals surface area contributed by atoms with Crippen LogP contribution >= 0.6 is 31.9 Å². The molecule has 2 heterocycles. The van der Waals surface area contributed by atoms with E-state index in [4.69, 9.17) is 0 Å². The molecule has 2 atom stereocenters. The number of aromatic nitrogens is 2. The quantitative estimate of drug-likeness (QED) is 0.0364. The third-order valence-electron chi connectivity index (χ3n) is 17.4. The maximum atomic E-state index is 3.84. The minimum absolute atomic E-state index is 0.806. The Kier molecular flexibility index (Phi) is 22.9. The Bertz CT molecular complexity index is 2330. The molecule has 4 heteroatoms. The molecule has 0 fully saturated rings. The average molecular weight is 1100 g/mol. The summed E-state index contributed by atoms with van der Waals surface area (Å²) in [5, 5.41) is 2.90. The summed E-state index contributed by atoms with van der Waals surface area (Å²) in [7, 11) is 0. The van der Waals surface area contributed by atoms with Crippen LogP contribution in [0.1, 0.15) is 242 Å². The highest BCUT2D eigenvalue weighted by Gasteiger charge is 2.28. The number of benzene rings is 4. The van der Waals surface area contributed by atoms with Crippen molar-refractivity contribution in [3.8, 4) is 22.5 Å². The molecule has 0 saturated carbocycles. The third-order valence-corrected chi connectivity index (χ3v) is 18.4. The smallest absolute Gasteiger partial charge is 0.0545 e. The van der Waals surface area contributed by atoms with Crippen LogP contribution in [0, 0.1) is 11.8 Å². The van der Waals surface area contributed by atoms with E-state index in [-0.39, 0.29) is 0 Å². The maximum absolute atomic E-state index is 3.84. The molecule has 0 amide bonds. The number of unbranched alkanes of at least 4 members (excludes halogenated alkanes) is 26. The van der Waals surface area contributed by atoms with E-state index in [2.05, 4.69) is 140 Å². The molecule has 0 spiro atoms. The van der Waals surface area contributed by atoms with Gasteiger partial charge in [-0.05, 0) is 121 Å². The van der Waals surface area contributed by atoms with Gasteiger partial charge in [-0.25, -0.2) is 0 Å². The van der Waals surface area contributed by atoms with Gasteiger partial charge in [0.05, 0.1) is 11.0 Å². The highest BCUT2D eigenvalue weighted by atomic mass is 79.9. The number of nitrogens with zero attached hydrogens (tertiary/aromatic N) is 2. The normalized spacial score (nSPS) is 15.7. The van der Waals surface area contributed by atoms with E-state index in [1.54, 1.807) is 11.1 Å². The molecule has 4 aromatic carbocycles. The van der Waals surface area contributed by atoms with Crippen molar-refractivity contribution in [3.63, 3.8) is 0 Å². The number of rotatable bonds is 33. The van der Waals surface area contributed by atoms with Crippen LogP contribution in [-0.2, 0) is 25.7 Å². The summed E-state index contributed by atoms with van der Waals surface area (Å²) < 4.78 is 7.50. The van der Waals surface area contributed by atoms with Crippen LogP contribution in [0.25, 0.3) is 44.3 Å². The second-order valence-electron chi connectivity index (χ2n) is 22.9. The molecule has 72 heavy (non-hydrogen) atoms. The molecule has 2 unspecified atom stereocenters. The molecule has 0 bridgehead atoms. The lowest BCUT2D eigenvalue weighted by atomic mass is 9.83. The minimum Gasteiger partial charge on any atom is -0.313 e. The minimum atomic E-state index is 0.806. The van der Waals surface area contributed by atoms with E-state index in [9.17, 15) is 0 Å². The molecule has 0 N–H and O–H groups in total. The predicted molar refractivity (Wildman–Crippen MR) is 322 cm³/mol. The van der Waals surface area contributed by atoms with Crippen molar-refractivity contribution in [2.24, 2.45) is 11.8 Å². The zero-order chi connectivity index (χ0) is 49.7. The van der Waals surface area contributed by atoms with E-state index in [1.807, 2.05) is 0 Å². The molecule has 8 rings (SSSR count). The van der Waals surface area contributed by atoms with Crippen LogP contribution in [0.5, 0.6) is 0 Å². The number of fused-ring (bicyclic) bond motifs is 6. The third kappa shape index (κ3) is 15.5. The summed E-state index contributed by atoms with van der Waals surface area (Å²) in [6.07, 6.45) is 50.3. The van der Waals surface area contributed by atoms with E-state index >= 15 is 0 Å². The Labute approximate surface area is 455 Å². The van der Waals surface area contributed by atoms with E-state index in [1.165, 1.54) is 287 Å². The Morgan fingerprint density at radius 3 is 1.00 bits per heavy atom. The van der Waals surface area contributed by atoms with E-state index < -0.39 is 0 Å². The summed E-state index contributed by atoms with van der Waals surface area (Å²) in [4.78, 5) is 0. The van der Waals surface area contributed by atoms with Crippen LogP contribution in [0.4, 0.5) is 0 Å². The van der Waals surface area contributed by atoms with Gasteiger partial charge in [0.15, 0.2) is 0 Å². The molecule has 0 radical (unpaired) electrons. The average Bonchev–Trinajstić information content (AvgIpc) is 3.89. The van der Waals surface area contributed by atoms with Crippen molar-refractivity contribution in [1.82, 2.24) is 9.13 Å². The molecule has 2 nitrogen and oxygen atoms in total. The highest BCUT2D eigenvalue weighted by Crippen LogP contribution is 2.41. The SMILES string of the molecule is CCCCCCCCCCCCCCCCC1CCc2c(c3ccc(Br)cc3n2-c2ccc(-c3ccc(-n4c5c(c6ccc(Br)cc64)CC(CCCCCCCCCCCCCCCC)CC5)cc3)cc2)C1. The molecular formula is C68H94Br2N2. The van der Waals surface area contributed by atoms with Crippen LogP contribution in [0.15, 0.2) is 93.9 Å². The lowest BCUT2D eigenvalue weighted by Crippen LogP contribution is -2.16. The largest absolute Gasteiger partial charge is 0.313 e. The van der Waals surface area contributed by atoms with Gasteiger partial charge in [-0.2, -0.15) is 0 Å². The van der Waals surface area contributed by atoms with Crippen LogP contribution in [0.3, 0.4) is 0 Å². The molecule has 0 aliphatic heterocycles. The molecule has 2 aliphatic carbocycles. The fraction of sp³-hybridized carbons (Fsp3) is 0.588. The zero-order valence-electron chi connectivity index (χ0n) is 45.3. The molecule has 2 aliphatic rings. The standard InChI is InChI=1S/C68H94Br2N2/c1-3-5-7-9-11-13-15-17-19-21-23-25-27-29-31-53-33-47-65-63(49-53)61-45-39-57(69)51-67(61)71(65)59-41-35-55(36-42-59)56-37-43-60(44-38-56)72-66-48-34-54(50-64(66)62-46-40-58(70)52-68(62)72)32-30-28-26-24-22-20-18-16-14-12-10-8-6-4-2/h35-46,51-54H,3-34,47-50H2,1-2H3. The van der Waals surface area contributed by atoms with Gasteiger partial charge in [0.2, 0.25) is 0 Å². The fourth-order valence-corrected chi connectivity index (χ4v) is 13.8. The first-order valence-corrected chi connectivity index (χ1v) is 32.0. The first-order valence-electron chi connectivity index (χ1n) is 30.4. The molecule has 2 aromatic heterocycles. The van der Waals surface area contributed by atoms with Gasteiger partial charge in [-0.15, -0.1) is 0 Å². The number of hydrogen-bond donors (Lipinski definition) is 0. The zero-order valence-corrected chi connectivity index (χ0v) is 48.5. The second-order valence-corrected chi connectivity index (χ2v) is 24.8. The first kappa shape index (κ1) is 55.2. The molecular weight excluding hydrogens is 1000 g/mol. The van der Waals surface area contributed by atoms with Crippen molar-refractivity contribution in [2.75, 3.05) is 0 Å².